The second-order valence-corrected chi connectivity index (χ2v) is 6.97. The van der Waals surface area contributed by atoms with Crippen LogP contribution < -0.4 is 10.6 Å². The summed E-state index contributed by atoms with van der Waals surface area (Å²) in [5.41, 5.74) is 6.94. The predicted octanol–water partition coefficient (Wildman–Crippen LogP) is 2.49. The van der Waals surface area contributed by atoms with Crippen LogP contribution in [0.3, 0.4) is 0 Å². The number of nitrogens with zero attached hydrogens (tertiary/aromatic N) is 3. The zero-order chi connectivity index (χ0) is 21.7. The van der Waals surface area contributed by atoms with Crippen molar-refractivity contribution in [2.45, 2.75) is 0 Å². The SMILES string of the molecule is Nc1cccc2c1C(=O)N(C=C1C(=O)N(c3ccccn3)C(=O)c3ccccc31)C2=O. The summed E-state index contributed by atoms with van der Waals surface area (Å²) in [5, 5.41) is 0. The molecule has 4 amide bonds. The standard InChI is InChI=1S/C23H14N4O4/c24-17-9-5-8-15-19(17)23(31)26(20(15)28)12-16-13-6-1-2-7-14(13)21(29)27(22(16)30)18-10-3-4-11-25-18/h1-12H,24H2. The number of benzene rings is 2. The van der Waals surface area contributed by atoms with Crippen LogP contribution in [0.4, 0.5) is 11.5 Å². The van der Waals surface area contributed by atoms with Crippen LogP contribution >= 0.6 is 0 Å². The molecule has 0 spiro atoms. The van der Waals surface area contributed by atoms with Crippen molar-refractivity contribution < 1.29 is 19.2 Å². The van der Waals surface area contributed by atoms with E-state index in [-0.39, 0.29) is 33.8 Å². The number of aromatic nitrogens is 1. The third-order valence-corrected chi connectivity index (χ3v) is 5.20. The van der Waals surface area contributed by atoms with Gasteiger partial charge in [-0.25, -0.2) is 14.8 Å². The van der Waals surface area contributed by atoms with E-state index in [0.29, 0.717) is 5.56 Å². The average molecular weight is 410 g/mol. The molecule has 0 fully saturated rings. The molecule has 2 aliphatic heterocycles. The lowest BCUT2D eigenvalue weighted by molar-refractivity contribution is -0.112. The van der Waals surface area contributed by atoms with Gasteiger partial charge in [0.2, 0.25) is 0 Å². The largest absolute Gasteiger partial charge is 0.398 e. The highest BCUT2D eigenvalue weighted by Gasteiger charge is 2.40. The van der Waals surface area contributed by atoms with E-state index in [9.17, 15) is 19.2 Å². The molecule has 0 saturated carbocycles. The van der Waals surface area contributed by atoms with Gasteiger partial charge in [0.05, 0.1) is 16.7 Å². The van der Waals surface area contributed by atoms with E-state index in [2.05, 4.69) is 4.98 Å². The number of amides is 4. The first-order valence-electron chi connectivity index (χ1n) is 9.36. The summed E-state index contributed by atoms with van der Waals surface area (Å²) in [4.78, 5) is 58.1. The molecule has 2 aliphatic rings. The van der Waals surface area contributed by atoms with E-state index in [1.165, 1.54) is 30.6 Å². The molecule has 31 heavy (non-hydrogen) atoms. The zero-order valence-electron chi connectivity index (χ0n) is 16.0. The molecule has 0 radical (unpaired) electrons. The Bertz CT molecular complexity index is 1330. The minimum atomic E-state index is -0.688. The summed E-state index contributed by atoms with van der Waals surface area (Å²) in [6, 6.07) is 16.0. The van der Waals surface area contributed by atoms with Gasteiger partial charge in [0, 0.05) is 29.2 Å². The maximum absolute atomic E-state index is 13.4. The average Bonchev–Trinajstić information content (AvgIpc) is 3.03. The van der Waals surface area contributed by atoms with E-state index in [1.807, 2.05) is 0 Å². The van der Waals surface area contributed by atoms with Crippen molar-refractivity contribution in [3.63, 3.8) is 0 Å². The van der Waals surface area contributed by atoms with Crippen LogP contribution in [0.2, 0.25) is 0 Å². The van der Waals surface area contributed by atoms with Gasteiger partial charge in [-0.1, -0.05) is 30.3 Å². The Labute approximate surface area is 176 Å². The maximum Gasteiger partial charge on any atom is 0.268 e. The first-order valence-corrected chi connectivity index (χ1v) is 9.36. The van der Waals surface area contributed by atoms with Gasteiger partial charge in [0.25, 0.3) is 23.6 Å². The first kappa shape index (κ1) is 18.4. The molecule has 2 aromatic carbocycles. The number of fused-ring (bicyclic) bond motifs is 2. The van der Waals surface area contributed by atoms with Crippen LogP contribution in [0.25, 0.3) is 5.57 Å². The lowest BCUT2D eigenvalue weighted by atomic mass is 9.94. The summed E-state index contributed by atoms with van der Waals surface area (Å²) in [7, 11) is 0. The molecule has 2 N–H and O–H groups in total. The van der Waals surface area contributed by atoms with Gasteiger partial charge >= 0.3 is 0 Å². The second-order valence-electron chi connectivity index (χ2n) is 6.97. The minimum Gasteiger partial charge on any atom is -0.398 e. The Morgan fingerprint density at radius 1 is 0.710 bits per heavy atom. The number of nitrogens with two attached hydrogens (primary N) is 1. The monoisotopic (exact) mass is 410 g/mol. The van der Waals surface area contributed by atoms with Crippen LogP contribution in [0.5, 0.6) is 0 Å². The van der Waals surface area contributed by atoms with Gasteiger partial charge in [-0.2, -0.15) is 0 Å². The highest BCUT2D eigenvalue weighted by Crippen LogP contribution is 2.34. The van der Waals surface area contributed by atoms with E-state index in [4.69, 9.17) is 5.73 Å². The van der Waals surface area contributed by atoms with Crippen molar-refractivity contribution >= 4 is 40.7 Å². The number of carbonyl (C=O) groups is 4. The van der Waals surface area contributed by atoms with Crippen molar-refractivity contribution in [3.8, 4) is 0 Å². The lowest BCUT2D eigenvalue weighted by Crippen LogP contribution is -2.43. The molecule has 8 heteroatoms. The molecule has 0 saturated heterocycles. The maximum atomic E-state index is 13.4. The van der Waals surface area contributed by atoms with Gasteiger partial charge < -0.3 is 5.73 Å². The molecule has 5 rings (SSSR count). The molecule has 0 bridgehead atoms. The number of nitrogen functional groups attached to an aromatic ring is 1. The summed E-state index contributed by atoms with van der Waals surface area (Å²) >= 11 is 0. The third kappa shape index (κ3) is 2.66. The topological polar surface area (TPSA) is 114 Å². The van der Waals surface area contributed by atoms with Gasteiger partial charge in [0.15, 0.2) is 0 Å². The molecule has 0 unspecified atom stereocenters. The smallest absolute Gasteiger partial charge is 0.268 e. The molecular formula is C23H14N4O4. The minimum absolute atomic E-state index is 0.0222. The van der Waals surface area contributed by atoms with Crippen molar-refractivity contribution in [2.24, 2.45) is 0 Å². The van der Waals surface area contributed by atoms with Crippen LogP contribution in [-0.2, 0) is 4.79 Å². The Morgan fingerprint density at radius 3 is 2.13 bits per heavy atom. The molecule has 1 aromatic heterocycles. The fourth-order valence-corrected chi connectivity index (χ4v) is 3.75. The van der Waals surface area contributed by atoms with Crippen molar-refractivity contribution in [1.29, 1.82) is 0 Å². The number of imide groups is 2. The molecule has 8 nitrogen and oxygen atoms in total. The van der Waals surface area contributed by atoms with Gasteiger partial charge in [-0.3, -0.25) is 19.2 Å². The Kier molecular flexibility index (Phi) is 4.01. The Morgan fingerprint density at radius 2 is 1.42 bits per heavy atom. The van der Waals surface area contributed by atoms with Gasteiger partial charge in [-0.15, -0.1) is 0 Å². The number of pyridine rings is 1. The summed E-state index contributed by atoms with van der Waals surface area (Å²) in [6.07, 6.45) is 2.64. The van der Waals surface area contributed by atoms with Crippen LogP contribution in [0.15, 0.2) is 73.1 Å². The highest BCUT2D eigenvalue weighted by molar-refractivity contribution is 6.41. The van der Waals surface area contributed by atoms with Crippen molar-refractivity contribution in [3.05, 3.63) is 95.3 Å². The van der Waals surface area contributed by atoms with Crippen LogP contribution in [-0.4, -0.2) is 33.5 Å². The second kappa shape index (κ2) is 6.74. The fourth-order valence-electron chi connectivity index (χ4n) is 3.75. The summed E-state index contributed by atoms with van der Waals surface area (Å²) < 4.78 is 0. The molecule has 150 valence electrons. The van der Waals surface area contributed by atoms with E-state index < -0.39 is 23.6 Å². The molecular weight excluding hydrogens is 396 g/mol. The Balaban J connectivity index is 1.67. The quantitative estimate of drug-likeness (QED) is 0.394. The number of hydrogen-bond acceptors (Lipinski definition) is 6. The van der Waals surface area contributed by atoms with Crippen molar-refractivity contribution in [2.75, 3.05) is 10.6 Å². The van der Waals surface area contributed by atoms with Crippen LogP contribution in [0, 0.1) is 0 Å². The predicted molar refractivity (Wildman–Crippen MR) is 112 cm³/mol. The van der Waals surface area contributed by atoms with Gasteiger partial charge in [-0.05, 0) is 30.3 Å². The highest BCUT2D eigenvalue weighted by atomic mass is 16.2. The normalized spacial score (nSPS) is 16.7. The number of rotatable bonds is 2. The zero-order valence-corrected chi connectivity index (χ0v) is 16.0. The summed E-state index contributed by atoms with van der Waals surface area (Å²) in [6.45, 7) is 0. The number of hydrogen-bond donors (Lipinski definition) is 1. The van der Waals surface area contributed by atoms with Crippen LogP contribution in [0.1, 0.15) is 36.6 Å². The number of carbonyl (C=O) groups excluding carboxylic acids is 4. The number of anilines is 2. The first-order chi connectivity index (χ1) is 15.0. The summed E-state index contributed by atoms with van der Waals surface area (Å²) in [5.74, 6) is -2.30. The molecule has 3 heterocycles. The van der Waals surface area contributed by atoms with Crippen molar-refractivity contribution in [1.82, 2.24) is 9.88 Å². The van der Waals surface area contributed by atoms with Gasteiger partial charge in [0.1, 0.15) is 5.82 Å². The fraction of sp³-hybridized carbons (Fsp3) is 0. The molecule has 3 aromatic rings. The molecule has 0 aliphatic carbocycles. The van der Waals surface area contributed by atoms with E-state index in [1.54, 1.807) is 42.5 Å². The third-order valence-electron chi connectivity index (χ3n) is 5.20. The Hall–Kier alpha value is -4.59. The van der Waals surface area contributed by atoms with E-state index >= 15 is 0 Å². The van der Waals surface area contributed by atoms with E-state index in [0.717, 1.165) is 9.80 Å². The molecule has 0 atom stereocenters. The lowest BCUT2D eigenvalue weighted by Gasteiger charge is -2.28.